The van der Waals surface area contributed by atoms with Crippen LogP contribution in [0.5, 0.6) is 0 Å². The topological polar surface area (TPSA) is 62.2 Å². The fraction of sp³-hybridized carbons (Fsp3) is 0.294. The van der Waals surface area contributed by atoms with Crippen LogP contribution in [0.2, 0.25) is 0 Å². The van der Waals surface area contributed by atoms with Crippen LogP contribution in [0.15, 0.2) is 34.8 Å². The van der Waals surface area contributed by atoms with Crippen molar-refractivity contribution in [3.8, 4) is 0 Å². The third kappa shape index (κ3) is 2.99. The highest BCUT2D eigenvalue weighted by molar-refractivity contribution is 9.10. The second-order valence-electron chi connectivity index (χ2n) is 5.51. The van der Waals surface area contributed by atoms with E-state index < -0.39 is 5.97 Å². The molecule has 0 spiro atoms. The number of aromatic carboxylic acids is 1. The normalized spacial score (nSPS) is 16.4. The van der Waals surface area contributed by atoms with Gasteiger partial charge in [0, 0.05) is 10.5 Å². The summed E-state index contributed by atoms with van der Waals surface area (Å²) in [6.45, 7) is 1.92. The van der Waals surface area contributed by atoms with Crippen LogP contribution < -0.4 is 5.32 Å². The van der Waals surface area contributed by atoms with Gasteiger partial charge >= 0.3 is 5.97 Å². The van der Waals surface area contributed by atoms with Gasteiger partial charge < -0.3 is 10.4 Å². The van der Waals surface area contributed by atoms with Crippen LogP contribution in [-0.2, 0) is 19.3 Å². The standard InChI is InChI=1S/C17H17BrN2O2/c1-2-15-14(17(21)22)5-6-16(20-15)19-13-8-10-3-4-12(18)7-11(10)9-13/h3-7,13H,2,8-9H2,1H3,(H,19,20)(H,21,22). The Morgan fingerprint density at radius 3 is 2.82 bits per heavy atom. The SMILES string of the molecule is CCc1nc(NC2Cc3ccc(Br)cc3C2)ccc1C(=O)O. The Morgan fingerprint density at radius 2 is 2.09 bits per heavy atom. The van der Waals surface area contributed by atoms with E-state index in [1.165, 1.54) is 11.1 Å². The van der Waals surface area contributed by atoms with E-state index in [1.54, 1.807) is 12.1 Å². The molecule has 114 valence electrons. The summed E-state index contributed by atoms with van der Waals surface area (Å²) in [7, 11) is 0. The number of pyridine rings is 1. The molecule has 1 atom stereocenters. The molecule has 3 rings (SSSR count). The summed E-state index contributed by atoms with van der Waals surface area (Å²) in [5.74, 6) is -0.173. The fourth-order valence-electron chi connectivity index (χ4n) is 2.94. The number of carboxylic acid groups (broad SMARTS) is 1. The van der Waals surface area contributed by atoms with Crippen LogP contribution in [0.3, 0.4) is 0 Å². The van der Waals surface area contributed by atoms with Gasteiger partial charge in [-0.2, -0.15) is 0 Å². The van der Waals surface area contributed by atoms with Gasteiger partial charge in [0.05, 0.1) is 11.3 Å². The Labute approximate surface area is 137 Å². The first kappa shape index (κ1) is 15.0. The molecule has 22 heavy (non-hydrogen) atoms. The zero-order valence-electron chi connectivity index (χ0n) is 12.3. The quantitative estimate of drug-likeness (QED) is 0.872. The molecule has 4 nitrogen and oxygen atoms in total. The predicted octanol–water partition coefficient (Wildman–Crippen LogP) is 3.68. The number of fused-ring (bicyclic) bond motifs is 1. The third-order valence-electron chi connectivity index (χ3n) is 3.99. The minimum absolute atomic E-state index is 0.284. The molecule has 2 aromatic rings. The fourth-order valence-corrected chi connectivity index (χ4v) is 3.35. The number of nitrogens with one attached hydrogen (secondary N) is 1. The van der Waals surface area contributed by atoms with Crippen molar-refractivity contribution in [2.75, 3.05) is 5.32 Å². The number of carbonyl (C=O) groups is 1. The van der Waals surface area contributed by atoms with Crippen molar-refractivity contribution >= 4 is 27.7 Å². The smallest absolute Gasteiger partial charge is 0.337 e. The summed E-state index contributed by atoms with van der Waals surface area (Å²) in [6.07, 6.45) is 2.53. The van der Waals surface area contributed by atoms with Crippen LogP contribution in [0.25, 0.3) is 0 Å². The van der Waals surface area contributed by atoms with E-state index in [9.17, 15) is 4.79 Å². The van der Waals surface area contributed by atoms with Gasteiger partial charge in [0.1, 0.15) is 5.82 Å². The Balaban J connectivity index is 1.76. The maximum absolute atomic E-state index is 11.2. The lowest BCUT2D eigenvalue weighted by Crippen LogP contribution is -2.21. The molecular weight excluding hydrogens is 344 g/mol. The van der Waals surface area contributed by atoms with E-state index in [-0.39, 0.29) is 5.56 Å². The van der Waals surface area contributed by atoms with Crippen molar-refractivity contribution in [1.82, 2.24) is 4.98 Å². The summed E-state index contributed by atoms with van der Waals surface area (Å²) >= 11 is 3.50. The molecule has 1 heterocycles. The van der Waals surface area contributed by atoms with Crippen molar-refractivity contribution < 1.29 is 9.90 Å². The van der Waals surface area contributed by atoms with Crippen LogP contribution in [0.4, 0.5) is 5.82 Å². The van der Waals surface area contributed by atoms with E-state index in [2.05, 4.69) is 44.4 Å². The van der Waals surface area contributed by atoms with Crippen molar-refractivity contribution in [3.63, 3.8) is 0 Å². The molecular formula is C17H17BrN2O2. The van der Waals surface area contributed by atoms with Gasteiger partial charge in [-0.05, 0) is 54.7 Å². The Hall–Kier alpha value is -1.88. The highest BCUT2D eigenvalue weighted by atomic mass is 79.9. The molecule has 0 saturated heterocycles. The maximum Gasteiger partial charge on any atom is 0.337 e. The van der Waals surface area contributed by atoms with Gasteiger partial charge in [-0.3, -0.25) is 0 Å². The predicted molar refractivity (Wildman–Crippen MR) is 89.5 cm³/mol. The summed E-state index contributed by atoms with van der Waals surface area (Å²) in [4.78, 5) is 15.6. The van der Waals surface area contributed by atoms with Crippen molar-refractivity contribution in [2.24, 2.45) is 0 Å². The number of hydrogen-bond acceptors (Lipinski definition) is 3. The Kier molecular flexibility index (Phi) is 4.16. The summed E-state index contributed by atoms with van der Waals surface area (Å²) < 4.78 is 1.10. The zero-order chi connectivity index (χ0) is 15.7. The largest absolute Gasteiger partial charge is 0.478 e. The van der Waals surface area contributed by atoms with E-state index >= 15 is 0 Å². The lowest BCUT2D eigenvalue weighted by molar-refractivity contribution is 0.0695. The van der Waals surface area contributed by atoms with E-state index in [1.807, 2.05) is 6.92 Å². The highest BCUT2D eigenvalue weighted by Gasteiger charge is 2.22. The summed E-state index contributed by atoms with van der Waals surface area (Å²) in [5, 5.41) is 12.6. The molecule has 1 aliphatic rings. The molecule has 2 N–H and O–H groups in total. The molecule has 0 aliphatic heterocycles. The molecule has 5 heteroatoms. The highest BCUT2D eigenvalue weighted by Crippen LogP contribution is 2.27. The van der Waals surface area contributed by atoms with Gasteiger partial charge in [0.2, 0.25) is 0 Å². The number of benzene rings is 1. The molecule has 0 bridgehead atoms. The van der Waals surface area contributed by atoms with Crippen LogP contribution >= 0.6 is 15.9 Å². The molecule has 0 fully saturated rings. The van der Waals surface area contributed by atoms with Crippen molar-refractivity contribution in [2.45, 2.75) is 32.2 Å². The van der Waals surface area contributed by atoms with Gasteiger partial charge in [0.25, 0.3) is 0 Å². The first-order valence-electron chi connectivity index (χ1n) is 7.34. The Morgan fingerprint density at radius 1 is 1.32 bits per heavy atom. The van der Waals surface area contributed by atoms with E-state index in [0.29, 0.717) is 18.2 Å². The number of rotatable bonds is 4. The minimum Gasteiger partial charge on any atom is -0.478 e. The number of aryl methyl sites for hydroxylation is 1. The van der Waals surface area contributed by atoms with Crippen LogP contribution in [0, 0.1) is 0 Å². The van der Waals surface area contributed by atoms with E-state index in [0.717, 1.165) is 23.1 Å². The Bertz CT molecular complexity index is 731. The molecule has 0 saturated carbocycles. The van der Waals surface area contributed by atoms with E-state index in [4.69, 9.17) is 5.11 Å². The molecule has 0 amide bonds. The van der Waals surface area contributed by atoms with Crippen LogP contribution in [0.1, 0.15) is 34.1 Å². The van der Waals surface area contributed by atoms with Gasteiger partial charge in [-0.1, -0.05) is 28.9 Å². The number of nitrogens with zero attached hydrogens (tertiary/aromatic N) is 1. The molecule has 1 unspecified atom stereocenters. The molecule has 1 aromatic heterocycles. The summed E-state index contributed by atoms with van der Waals surface area (Å²) in [6, 6.07) is 10.1. The number of hydrogen-bond donors (Lipinski definition) is 2. The van der Waals surface area contributed by atoms with Crippen molar-refractivity contribution in [1.29, 1.82) is 0 Å². The van der Waals surface area contributed by atoms with Gasteiger partial charge in [0.15, 0.2) is 0 Å². The number of carboxylic acids is 1. The van der Waals surface area contributed by atoms with Gasteiger partial charge in [-0.15, -0.1) is 0 Å². The maximum atomic E-state index is 11.2. The first-order valence-corrected chi connectivity index (χ1v) is 8.13. The number of halogens is 1. The first-order chi connectivity index (χ1) is 10.6. The second kappa shape index (κ2) is 6.08. The van der Waals surface area contributed by atoms with Crippen LogP contribution in [-0.4, -0.2) is 22.1 Å². The monoisotopic (exact) mass is 360 g/mol. The third-order valence-corrected chi connectivity index (χ3v) is 4.49. The molecule has 1 aliphatic carbocycles. The van der Waals surface area contributed by atoms with Gasteiger partial charge in [-0.25, -0.2) is 9.78 Å². The average Bonchev–Trinajstić information content (AvgIpc) is 2.88. The number of aromatic nitrogens is 1. The minimum atomic E-state index is -0.922. The zero-order valence-corrected chi connectivity index (χ0v) is 13.9. The molecule has 0 radical (unpaired) electrons. The van der Waals surface area contributed by atoms with Crippen molar-refractivity contribution in [3.05, 3.63) is 57.2 Å². The molecule has 1 aromatic carbocycles. The number of anilines is 1. The lowest BCUT2D eigenvalue weighted by atomic mass is 10.1. The summed E-state index contributed by atoms with van der Waals surface area (Å²) in [5.41, 5.74) is 3.62. The second-order valence-corrected chi connectivity index (χ2v) is 6.43. The average molecular weight is 361 g/mol. The lowest BCUT2D eigenvalue weighted by Gasteiger charge is -2.14.